The monoisotopic (exact) mass is 353 g/mol. The van der Waals surface area contributed by atoms with Crippen molar-refractivity contribution in [3.8, 4) is 0 Å². The summed E-state index contributed by atoms with van der Waals surface area (Å²) < 4.78 is 25.2. The summed E-state index contributed by atoms with van der Waals surface area (Å²) in [6.45, 7) is 1.20. The largest absolute Gasteiger partial charge is 0.326 e. The maximum Gasteiger partial charge on any atom is 0.239 e. The zero-order valence-electron chi connectivity index (χ0n) is 13.9. The van der Waals surface area contributed by atoms with Gasteiger partial charge in [-0.2, -0.15) is 4.31 Å². The Balaban J connectivity index is 2.04. The number of amides is 2. The maximum atomic E-state index is 12.3. The van der Waals surface area contributed by atoms with Crippen LogP contribution in [0.3, 0.4) is 0 Å². The summed E-state index contributed by atoms with van der Waals surface area (Å²) in [5.74, 6) is -0.602. The van der Waals surface area contributed by atoms with E-state index in [0.29, 0.717) is 11.4 Å². The number of nitrogens with one attached hydrogen (secondary N) is 2. The molecule has 0 aromatic heterocycles. The molecule has 0 bridgehead atoms. The lowest BCUT2D eigenvalue weighted by Crippen LogP contribution is -2.43. The first kappa shape index (κ1) is 18.4. The molecule has 1 fully saturated rings. The van der Waals surface area contributed by atoms with Crippen LogP contribution in [0.4, 0.5) is 11.4 Å². The van der Waals surface area contributed by atoms with Gasteiger partial charge >= 0.3 is 0 Å². The second-order valence-electron chi connectivity index (χ2n) is 6.06. The molecular weight excluding hydrogens is 330 g/mol. The van der Waals surface area contributed by atoms with Gasteiger partial charge in [0.25, 0.3) is 0 Å². The van der Waals surface area contributed by atoms with Gasteiger partial charge in [-0.1, -0.05) is 18.9 Å². The fourth-order valence-electron chi connectivity index (χ4n) is 2.93. The maximum absolute atomic E-state index is 12.3. The van der Waals surface area contributed by atoms with Crippen LogP contribution in [0.5, 0.6) is 0 Å². The van der Waals surface area contributed by atoms with Crippen molar-refractivity contribution in [1.29, 1.82) is 0 Å². The topological polar surface area (TPSA) is 95.6 Å². The molecule has 0 unspecified atom stereocenters. The molecule has 1 saturated carbocycles. The van der Waals surface area contributed by atoms with E-state index in [1.54, 1.807) is 24.3 Å². The van der Waals surface area contributed by atoms with Crippen LogP contribution in [0.2, 0.25) is 0 Å². The lowest BCUT2D eigenvalue weighted by Gasteiger charge is -2.25. The van der Waals surface area contributed by atoms with Gasteiger partial charge < -0.3 is 10.6 Å². The molecule has 2 amide bonds. The zero-order chi connectivity index (χ0) is 17.7. The van der Waals surface area contributed by atoms with E-state index >= 15 is 0 Å². The molecule has 2 rings (SSSR count). The van der Waals surface area contributed by atoms with E-state index in [-0.39, 0.29) is 18.5 Å². The van der Waals surface area contributed by atoms with E-state index in [1.807, 2.05) is 0 Å². The van der Waals surface area contributed by atoms with E-state index in [4.69, 9.17) is 0 Å². The summed E-state index contributed by atoms with van der Waals surface area (Å²) in [5.41, 5.74) is 1.07. The molecule has 1 aliphatic carbocycles. The minimum absolute atomic E-state index is 0.100. The third-order valence-corrected chi connectivity index (χ3v) is 5.20. The van der Waals surface area contributed by atoms with Crippen LogP contribution in [0.25, 0.3) is 0 Å². The number of sulfonamides is 1. The Hall–Kier alpha value is -1.93. The summed E-state index contributed by atoms with van der Waals surface area (Å²) in [4.78, 5) is 23.3. The van der Waals surface area contributed by atoms with Crippen LogP contribution in [0.1, 0.15) is 32.6 Å². The molecule has 7 nitrogen and oxygen atoms in total. The van der Waals surface area contributed by atoms with Gasteiger partial charge in [0, 0.05) is 24.3 Å². The van der Waals surface area contributed by atoms with Gasteiger partial charge in [-0.3, -0.25) is 9.59 Å². The Bertz CT molecular complexity index is 712. The second kappa shape index (κ2) is 7.76. The fourth-order valence-corrected chi connectivity index (χ4v) is 4.03. The van der Waals surface area contributed by atoms with E-state index < -0.39 is 15.9 Å². The third-order valence-electron chi connectivity index (χ3n) is 3.92. The van der Waals surface area contributed by atoms with Gasteiger partial charge in [0.05, 0.1) is 12.8 Å². The van der Waals surface area contributed by atoms with Crippen LogP contribution in [0, 0.1) is 0 Å². The number of rotatable bonds is 6. The van der Waals surface area contributed by atoms with E-state index in [0.717, 1.165) is 31.9 Å². The molecule has 2 N–H and O–H groups in total. The average Bonchev–Trinajstić information content (AvgIpc) is 2.96. The van der Waals surface area contributed by atoms with Crippen molar-refractivity contribution in [1.82, 2.24) is 4.31 Å². The van der Waals surface area contributed by atoms with Crippen LogP contribution < -0.4 is 10.6 Å². The molecule has 0 aliphatic heterocycles. The lowest BCUT2D eigenvalue weighted by atomic mass is 10.2. The predicted octanol–water partition coefficient (Wildman–Crippen LogP) is 1.79. The van der Waals surface area contributed by atoms with Gasteiger partial charge in [0.1, 0.15) is 0 Å². The number of benzene rings is 1. The molecule has 8 heteroatoms. The molecular formula is C16H23N3O4S. The van der Waals surface area contributed by atoms with Crippen LogP contribution >= 0.6 is 0 Å². The smallest absolute Gasteiger partial charge is 0.239 e. The van der Waals surface area contributed by atoms with Gasteiger partial charge in [-0.05, 0) is 31.0 Å². The quantitative estimate of drug-likeness (QED) is 0.815. The Labute approximate surface area is 142 Å². The summed E-state index contributed by atoms with van der Waals surface area (Å²) in [7, 11) is -3.44. The minimum atomic E-state index is -3.44. The standard InChI is InChI=1S/C16H23N3O4S/c1-12(20)17-13-6-5-7-14(10-13)18-16(21)11-19(24(2,22)23)15-8-3-4-9-15/h5-7,10,15H,3-4,8-9,11H2,1-2H3,(H,17,20)(H,18,21). The first-order valence-electron chi connectivity index (χ1n) is 7.90. The zero-order valence-corrected chi connectivity index (χ0v) is 14.7. The molecule has 1 aromatic rings. The molecule has 0 spiro atoms. The highest BCUT2D eigenvalue weighted by Crippen LogP contribution is 2.25. The molecule has 132 valence electrons. The first-order chi connectivity index (χ1) is 11.3. The van der Waals surface area contributed by atoms with Crippen molar-refractivity contribution >= 4 is 33.2 Å². The highest BCUT2D eigenvalue weighted by atomic mass is 32.2. The summed E-state index contributed by atoms with van der Waals surface area (Å²) in [6.07, 6.45) is 4.68. The number of nitrogens with zero attached hydrogens (tertiary/aromatic N) is 1. The predicted molar refractivity (Wildman–Crippen MR) is 93.2 cm³/mol. The van der Waals surface area contributed by atoms with E-state index in [2.05, 4.69) is 10.6 Å². The number of anilines is 2. The molecule has 0 atom stereocenters. The van der Waals surface area contributed by atoms with Crippen LogP contribution in [-0.4, -0.2) is 43.4 Å². The molecule has 0 heterocycles. The Morgan fingerprint density at radius 2 is 1.75 bits per heavy atom. The highest BCUT2D eigenvalue weighted by Gasteiger charge is 2.30. The Kier molecular flexibility index (Phi) is 5.95. The highest BCUT2D eigenvalue weighted by molar-refractivity contribution is 7.88. The van der Waals surface area contributed by atoms with Gasteiger partial charge in [-0.25, -0.2) is 8.42 Å². The molecule has 0 radical (unpaired) electrons. The van der Waals surface area contributed by atoms with Crippen molar-refractivity contribution in [2.45, 2.75) is 38.6 Å². The van der Waals surface area contributed by atoms with Crippen molar-refractivity contribution in [3.05, 3.63) is 24.3 Å². The molecule has 1 aliphatic rings. The van der Waals surface area contributed by atoms with Gasteiger partial charge in [0.2, 0.25) is 21.8 Å². The van der Waals surface area contributed by atoms with Crippen molar-refractivity contribution in [2.24, 2.45) is 0 Å². The number of hydrogen-bond acceptors (Lipinski definition) is 4. The van der Waals surface area contributed by atoms with Gasteiger partial charge in [0.15, 0.2) is 0 Å². The first-order valence-corrected chi connectivity index (χ1v) is 9.75. The number of carbonyl (C=O) groups is 2. The Morgan fingerprint density at radius 1 is 1.17 bits per heavy atom. The van der Waals surface area contributed by atoms with Crippen molar-refractivity contribution in [2.75, 3.05) is 23.4 Å². The molecule has 0 saturated heterocycles. The minimum Gasteiger partial charge on any atom is -0.326 e. The lowest BCUT2D eigenvalue weighted by molar-refractivity contribution is -0.116. The van der Waals surface area contributed by atoms with Crippen molar-refractivity contribution < 1.29 is 18.0 Å². The van der Waals surface area contributed by atoms with E-state index in [9.17, 15) is 18.0 Å². The van der Waals surface area contributed by atoms with Crippen LogP contribution in [-0.2, 0) is 19.6 Å². The third kappa shape index (κ3) is 5.31. The SMILES string of the molecule is CC(=O)Nc1cccc(NC(=O)CN(C2CCCC2)S(C)(=O)=O)c1. The summed E-state index contributed by atoms with van der Waals surface area (Å²) in [5, 5.41) is 5.32. The fraction of sp³-hybridized carbons (Fsp3) is 0.500. The Morgan fingerprint density at radius 3 is 2.29 bits per heavy atom. The van der Waals surface area contributed by atoms with Crippen molar-refractivity contribution in [3.63, 3.8) is 0 Å². The molecule has 1 aromatic carbocycles. The number of hydrogen-bond donors (Lipinski definition) is 2. The molecule has 24 heavy (non-hydrogen) atoms. The number of carbonyl (C=O) groups excluding carboxylic acids is 2. The summed E-state index contributed by atoms with van der Waals surface area (Å²) in [6, 6.07) is 6.62. The van der Waals surface area contributed by atoms with Crippen LogP contribution in [0.15, 0.2) is 24.3 Å². The second-order valence-corrected chi connectivity index (χ2v) is 7.99. The normalized spacial score (nSPS) is 15.5. The average molecular weight is 353 g/mol. The van der Waals surface area contributed by atoms with Gasteiger partial charge in [-0.15, -0.1) is 0 Å². The van der Waals surface area contributed by atoms with E-state index in [1.165, 1.54) is 11.2 Å². The summed E-state index contributed by atoms with van der Waals surface area (Å²) >= 11 is 0.